The molecule has 0 aliphatic carbocycles. The Hall–Kier alpha value is -1.58. The van der Waals surface area contributed by atoms with Crippen molar-refractivity contribution in [1.82, 2.24) is 4.98 Å². The molecule has 1 N–H and O–H groups in total. The number of carboxylic acid groups (broad SMARTS) is 1. The van der Waals surface area contributed by atoms with Crippen molar-refractivity contribution in [2.45, 2.75) is 33.2 Å². The molecule has 0 bridgehead atoms. The van der Waals surface area contributed by atoms with Crippen LogP contribution in [-0.4, -0.2) is 29.1 Å². The van der Waals surface area contributed by atoms with Gasteiger partial charge in [-0.1, -0.05) is 13.8 Å². The lowest BCUT2D eigenvalue weighted by atomic mass is 10.0. The zero-order chi connectivity index (χ0) is 13.0. The molecule has 0 spiro atoms. The molecule has 94 valence electrons. The number of hydrogen-bond donors (Lipinski definition) is 1. The Morgan fingerprint density at radius 1 is 1.47 bits per heavy atom. The van der Waals surface area contributed by atoms with Gasteiger partial charge in [0.1, 0.15) is 5.82 Å². The van der Waals surface area contributed by atoms with Crippen LogP contribution in [0.25, 0.3) is 0 Å². The number of hydrogen-bond acceptors (Lipinski definition) is 3. The van der Waals surface area contributed by atoms with Gasteiger partial charge in [-0.15, -0.1) is 0 Å². The Kier molecular flexibility index (Phi) is 4.49. The number of carbonyl (C=O) groups is 1. The molecule has 0 saturated heterocycles. The third-order valence-electron chi connectivity index (χ3n) is 2.83. The van der Waals surface area contributed by atoms with E-state index in [1.165, 1.54) is 12.3 Å². The molecule has 1 heterocycles. The summed E-state index contributed by atoms with van der Waals surface area (Å²) in [7, 11) is 1.95. The first-order valence-corrected chi connectivity index (χ1v) is 5.84. The summed E-state index contributed by atoms with van der Waals surface area (Å²) in [6, 6.07) is 3.46. The van der Waals surface area contributed by atoms with Crippen LogP contribution in [-0.2, 0) is 0 Å². The average molecular weight is 236 g/mol. The van der Waals surface area contributed by atoms with Crippen molar-refractivity contribution in [3.63, 3.8) is 0 Å². The van der Waals surface area contributed by atoms with Gasteiger partial charge in [0.2, 0.25) is 0 Å². The zero-order valence-electron chi connectivity index (χ0n) is 10.8. The van der Waals surface area contributed by atoms with Crippen molar-refractivity contribution in [2.75, 3.05) is 11.9 Å². The third-order valence-corrected chi connectivity index (χ3v) is 2.83. The minimum Gasteiger partial charge on any atom is -0.478 e. The van der Waals surface area contributed by atoms with Crippen LogP contribution in [0.3, 0.4) is 0 Å². The molecule has 1 aromatic heterocycles. The number of pyridine rings is 1. The fourth-order valence-corrected chi connectivity index (χ4v) is 1.81. The number of anilines is 1. The first-order chi connectivity index (χ1) is 7.91. The standard InChI is InChI=1S/C13H20N2O2/c1-9(2)7-10(3)15(4)12-8-11(13(16)17)5-6-14-12/h5-6,8-10H,7H2,1-4H3,(H,16,17). The maximum atomic E-state index is 10.9. The van der Waals surface area contributed by atoms with E-state index in [0.29, 0.717) is 17.8 Å². The molecule has 4 heteroatoms. The summed E-state index contributed by atoms with van der Waals surface area (Å²) in [6.07, 6.45) is 2.59. The maximum absolute atomic E-state index is 10.9. The Morgan fingerprint density at radius 2 is 2.12 bits per heavy atom. The van der Waals surface area contributed by atoms with Crippen LogP contribution >= 0.6 is 0 Å². The summed E-state index contributed by atoms with van der Waals surface area (Å²) < 4.78 is 0. The van der Waals surface area contributed by atoms with E-state index >= 15 is 0 Å². The molecule has 0 amide bonds. The fraction of sp³-hybridized carbons (Fsp3) is 0.538. The van der Waals surface area contributed by atoms with Gasteiger partial charge in [0.05, 0.1) is 5.56 Å². The van der Waals surface area contributed by atoms with E-state index in [1.807, 2.05) is 11.9 Å². The molecule has 0 fully saturated rings. The Balaban J connectivity index is 2.84. The van der Waals surface area contributed by atoms with Gasteiger partial charge < -0.3 is 10.0 Å². The van der Waals surface area contributed by atoms with Crippen molar-refractivity contribution in [2.24, 2.45) is 5.92 Å². The first-order valence-electron chi connectivity index (χ1n) is 5.84. The van der Waals surface area contributed by atoms with E-state index in [9.17, 15) is 4.79 Å². The highest BCUT2D eigenvalue weighted by atomic mass is 16.4. The SMILES string of the molecule is CC(C)CC(C)N(C)c1cc(C(=O)O)ccn1. The van der Waals surface area contributed by atoms with Crippen molar-refractivity contribution in [1.29, 1.82) is 0 Å². The van der Waals surface area contributed by atoms with E-state index in [4.69, 9.17) is 5.11 Å². The molecular weight excluding hydrogens is 216 g/mol. The van der Waals surface area contributed by atoms with E-state index < -0.39 is 5.97 Å². The minimum absolute atomic E-state index is 0.276. The molecule has 0 aliphatic heterocycles. The molecule has 0 saturated carbocycles. The normalized spacial score (nSPS) is 12.5. The van der Waals surface area contributed by atoms with Crippen molar-refractivity contribution >= 4 is 11.8 Å². The van der Waals surface area contributed by atoms with Crippen LogP contribution in [0.5, 0.6) is 0 Å². The van der Waals surface area contributed by atoms with Gasteiger partial charge in [-0.3, -0.25) is 0 Å². The van der Waals surface area contributed by atoms with Crippen LogP contribution in [0.4, 0.5) is 5.82 Å². The van der Waals surface area contributed by atoms with Crippen LogP contribution in [0.1, 0.15) is 37.6 Å². The Labute approximate surface area is 102 Å². The van der Waals surface area contributed by atoms with Crippen LogP contribution in [0.2, 0.25) is 0 Å². The third kappa shape index (κ3) is 3.73. The lowest BCUT2D eigenvalue weighted by Gasteiger charge is -2.27. The van der Waals surface area contributed by atoms with Gasteiger partial charge in [0, 0.05) is 19.3 Å². The summed E-state index contributed by atoms with van der Waals surface area (Å²) in [4.78, 5) is 17.1. The molecule has 0 radical (unpaired) electrons. The minimum atomic E-state index is -0.918. The zero-order valence-corrected chi connectivity index (χ0v) is 10.8. The largest absolute Gasteiger partial charge is 0.478 e. The number of carboxylic acids is 1. The molecule has 1 unspecified atom stereocenters. The van der Waals surface area contributed by atoms with E-state index in [0.717, 1.165) is 6.42 Å². The first kappa shape index (κ1) is 13.5. The van der Waals surface area contributed by atoms with Crippen LogP contribution < -0.4 is 4.90 Å². The van der Waals surface area contributed by atoms with Gasteiger partial charge >= 0.3 is 5.97 Å². The quantitative estimate of drug-likeness (QED) is 0.854. The summed E-state index contributed by atoms with van der Waals surface area (Å²) in [5, 5.41) is 8.93. The predicted octanol–water partition coefficient (Wildman–Crippen LogP) is 2.65. The molecule has 1 aromatic rings. The lowest BCUT2D eigenvalue weighted by molar-refractivity contribution is 0.0697. The molecular formula is C13H20N2O2. The topological polar surface area (TPSA) is 53.4 Å². The Bertz CT molecular complexity index is 391. The second-order valence-electron chi connectivity index (χ2n) is 4.80. The van der Waals surface area contributed by atoms with E-state index in [2.05, 4.69) is 25.8 Å². The van der Waals surface area contributed by atoms with Crippen molar-refractivity contribution in [3.05, 3.63) is 23.9 Å². The van der Waals surface area contributed by atoms with Gasteiger partial charge in [-0.2, -0.15) is 0 Å². The second-order valence-corrected chi connectivity index (χ2v) is 4.80. The van der Waals surface area contributed by atoms with Gasteiger partial charge in [0.15, 0.2) is 0 Å². The van der Waals surface area contributed by atoms with Crippen LogP contribution in [0.15, 0.2) is 18.3 Å². The van der Waals surface area contributed by atoms with Gasteiger partial charge in [-0.25, -0.2) is 9.78 Å². The maximum Gasteiger partial charge on any atom is 0.335 e. The Morgan fingerprint density at radius 3 is 2.65 bits per heavy atom. The second kappa shape index (κ2) is 5.66. The van der Waals surface area contributed by atoms with Crippen molar-refractivity contribution < 1.29 is 9.90 Å². The summed E-state index contributed by atoms with van der Waals surface area (Å²) in [6.45, 7) is 6.46. The average Bonchev–Trinajstić information content (AvgIpc) is 2.27. The molecule has 0 aromatic carbocycles. The molecule has 1 rings (SSSR count). The lowest BCUT2D eigenvalue weighted by Crippen LogP contribution is -2.30. The van der Waals surface area contributed by atoms with Gasteiger partial charge in [0.25, 0.3) is 0 Å². The molecule has 1 atom stereocenters. The van der Waals surface area contributed by atoms with Gasteiger partial charge in [-0.05, 0) is 31.4 Å². The highest BCUT2D eigenvalue weighted by molar-refractivity contribution is 5.88. The number of rotatable bonds is 5. The van der Waals surface area contributed by atoms with E-state index in [1.54, 1.807) is 6.07 Å². The molecule has 0 aliphatic rings. The fourth-order valence-electron chi connectivity index (χ4n) is 1.81. The number of aromatic nitrogens is 1. The van der Waals surface area contributed by atoms with Crippen LogP contribution in [0, 0.1) is 5.92 Å². The summed E-state index contributed by atoms with van der Waals surface area (Å²) >= 11 is 0. The number of nitrogens with zero attached hydrogens (tertiary/aromatic N) is 2. The van der Waals surface area contributed by atoms with Crippen molar-refractivity contribution in [3.8, 4) is 0 Å². The highest BCUT2D eigenvalue weighted by Gasteiger charge is 2.14. The summed E-state index contributed by atoms with van der Waals surface area (Å²) in [5.41, 5.74) is 0.276. The predicted molar refractivity (Wildman–Crippen MR) is 68.5 cm³/mol. The van der Waals surface area contributed by atoms with E-state index in [-0.39, 0.29) is 5.56 Å². The number of aromatic carboxylic acids is 1. The monoisotopic (exact) mass is 236 g/mol. The molecule has 4 nitrogen and oxygen atoms in total. The highest BCUT2D eigenvalue weighted by Crippen LogP contribution is 2.17. The summed E-state index contributed by atoms with van der Waals surface area (Å²) in [5.74, 6) is 0.395. The smallest absolute Gasteiger partial charge is 0.335 e. The molecule has 17 heavy (non-hydrogen) atoms.